The molecule has 0 aliphatic carbocycles. The third kappa shape index (κ3) is 3.11. The van der Waals surface area contributed by atoms with Crippen LogP contribution in [-0.4, -0.2) is 8.42 Å². The fourth-order valence-electron chi connectivity index (χ4n) is 1.56. The molecule has 0 radical (unpaired) electrons. The van der Waals surface area contributed by atoms with Gasteiger partial charge < -0.3 is 5.73 Å². The lowest BCUT2D eigenvalue weighted by atomic mass is 10.2. The van der Waals surface area contributed by atoms with E-state index in [0.29, 0.717) is 10.6 Å². The van der Waals surface area contributed by atoms with Crippen LogP contribution in [-0.2, 0) is 15.6 Å². The van der Waals surface area contributed by atoms with Crippen molar-refractivity contribution in [2.75, 3.05) is 5.73 Å². The van der Waals surface area contributed by atoms with Gasteiger partial charge in [0, 0.05) is 10.2 Å². The zero-order valence-corrected chi connectivity index (χ0v) is 11.9. The lowest BCUT2D eigenvalue weighted by Crippen LogP contribution is -2.04. The second-order valence-corrected chi connectivity index (χ2v) is 6.86. The van der Waals surface area contributed by atoms with E-state index < -0.39 is 9.84 Å². The Morgan fingerprint density at radius 3 is 2.06 bits per heavy atom. The van der Waals surface area contributed by atoms with Crippen LogP contribution in [0.4, 0.5) is 5.69 Å². The van der Waals surface area contributed by atoms with E-state index in [1.54, 1.807) is 48.5 Å². The number of hydrogen-bond acceptors (Lipinski definition) is 3. The van der Waals surface area contributed by atoms with Crippen LogP contribution in [0.5, 0.6) is 0 Å². The average Bonchev–Trinajstić information content (AvgIpc) is 2.32. The molecule has 3 nitrogen and oxygen atoms in total. The third-order valence-corrected chi connectivity index (χ3v) is 4.74. The molecule has 0 amide bonds. The normalized spacial score (nSPS) is 11.4. The van der Waals surface area contributed by atoms with Crippen molar-refractivity contribution in [3.63, 3.8) is 0 Å². The first kappa shape index (κ1) is 13.1. The van der Waals surface area contributed by atoms with Crippen molar-refractivity contribution in [2.45, 2.75) is 10.6 Å². The fraction of sp³-hybridized carbons (Fsp3) is 0.0769. The van der Waals surface area contributed by atoms with E-state index >= 15 is 0 Å². The highest BCUT2D eigenvalue weighted by molar-refractivity contribution is 9.10. The molecule has 0 bridgehead atoms. The first-order valence-corrected chi connectivity index (χ1v) is 7.75. The molecule has 0 atom stereocenters. The predicted octanol–water partition coefficient (Wildman–Crippen LogP) is 3.01. The Kier molecular flexibility index (Phi) is 3.73. The summed E-state index contributed by atoms with van der Waals surface area (Å²) in [6, 6.07) is 13.5. The lowest BCUT2D eigenvalue weighted by molar-refractivity contribution is 0.595. The molecule has 0 aromatic heterocycles. The maximum atomic E-state index is 12.2. The summed E-state index contributed by atoms with van der Waals surface area (Å²) in [5.74, 6) is -0.0189. The molecule has 0 spiro atoms. The van der Waals surface area contributed by atoms with Gasteiger partial charge in [0.05, 0.1) is 10.6 Å². The summed E-state index contributed by atoms with van der Waals surface area (Å²) >= 11 is 3.28. The van der Waals surface area contributed by atoms with Crippen molar-refractivity contribution >= 4 is 31.5 Å². The van der Waals surface area contributed by atoms with Gasteiger partial charge in [0.1, 0.15) is 0 Å². The summed E-state index contributed by atoms with van der Waals surface area (Å²) in [4.78, 5) is 0.322. The van der Waals surface area contributed by atoms with E-state index in [1.807, 2.05) is 0 Å². The predicted molar refractivity (Wildman–Crippen MR) is 75.9 cm³/mol. The van der Waals surface area contributed by atoms with E-state index in [1.165, 1.54) is 0 Å². The van der Waals surface area contributed by atoms with Crippen molar-refractivity contribution in [3.8, 4) is 0 Å². The van der Waals surface area contributed by atoms with Gasteiger partial charge in [0.2, 0.25) is 0 Å². The number of nitrogen functional groups attached to an aromatic ring is 1. The van der Waals surface area contributed by atoms with Gasteiger partial charge in [0.15, 0.2) is 9.84 Å². The second-order valence-electron chi connectivity index (χ2n) is 3.95. The summed E-state index contributed by atoms with van der Waals surface area (Å²) in [6.45, 7) is 0. The zero-order valence-electron chi connectivity index (χ0n) is 9.51. The molecule has 2 aromatic rings. The van der Waals surface area contributed by atoms with Gasteiger partial charge in [-0.3, -0.25) is 0 Å². The van der Waals surface area contributed by atoms with Crippen LogP contribution in [0, 0.1) is 0 Å². The monoisotopic (exact) mass is 325 g/mol. The van der Waals surface area contributed by atoms with E-state index in [2.05, 4.69) is 15.9 Å². The molecule has 18 heavy (non-hydrogen) atoms. The van der Waals surface area contributed by atoms with Crippen LogP contribution in [0.1, 0.15) is 5.56 Å². The molecule has 0 saturated carbocycles. The minimum atomic E-state index is -3.30. The first-order valence-electron chi connectivity index (χ1n) is 5.30. The van der Waals surface area contributed by atoms with E-state index in [9.17, 15) is 8.42 Å². The summed E-state index contributed by atoms with van der Waals surface area (Å²) in [5.41, 5.74) is 6.92. The van der Waals surface area contributed by atoms with Crippen molar-refractivity contribution in [3.05, 3.63) is 58.6 Å². The summed E-state index contributed by atoms with van der Waals surface area (Å²) in [5, 5.41) is 0. The smallest absolute Gasteiger partial charge is 0.182 e. The van der Waals surface area contributed by atoms with Crippen LogP contribution >= 0.6 is 15.9 Å². The fourth-order valence-corrected chi connectivity index (χ4v) is 3.17. The number of rotatable bonds is 3. The quantitative estimate of drug-likeness (QED) is 0.882. The minimum absolute atomic E-state index is 0.0189. The zero-order chi connectivity index (χ0) is 13.2. The Bertz CT molecular complexity index is 634. The van der Waals surface area contributed by atoms with E-state index in [4.69, 9.17) is 5.73 Å². The average molecular weight is 326 g/mol. The van der Waals surface area contributed by atoms with E-state index in [-0.39, 0.29) is 5.75 Å². The molecule has 0 unspecified atom stereocenters. The van der Waals surface area contributed by atoms with Gasteiger partial charge in [0.25, 0.3) is 0 Å². The van der Waals surface area contributed by atoms with E-state index in [0.717, 1.165) is 10.0 Å². The molecule has 0 aliphatic rings. The van der Waals surface area contributed by atoms with Gasteiger partial charge in [-0.1, -0.05) is 28.1 Å². The molecule has 2 N–H and O–H groups in total. The third-order valence-electron chi connectivity index (χ3n) is 2.51. The van der Waals surface area contributed by atoms with Crippen molar-refractivity contribution in [1.29, 1.82) is 0 Å². The van der Waals surface area contributed by atoms with Crippen molar-refractivity contribution in [1.82, 2.24) is 0 Å². The van der Waals surface area contributed by atoms with Crippen molar-refractivity contribution in [2.24, 2.45) is 0 Å². The Labute approximate surface area is 115 Å². The lowest BCUT2D eigenvalue weighted by Gasteiger charge is -2.05. The highest BCUT2D eigenvalue weighted by atomic mass is 79.9. The summed E-state index contributed by atoms with van der Waals surface area (Å²) < 4.78 is 25.2. The standard InChI is InChI=1S/C13H12BrNO2S/c14-11-3-7-13(8-4-11)18(16,17)9-10-1-5-12(15)6-2-10/h1-8H,9,15H2. The summed E-state index contributed by atoms with van der Waals surface area (Å²) in [6.07, 6.45) is 0. The number of halogens is 1. The van der Waals surface area contributed by atoms with Gasteiger partial charge in [-0.2, -0.15) is 0 Å². The SMILES string of the molecule is Nc1ccc(CS(=O)(=O)c2ccc(Br)cc2)cc1. The molecule has 2 rings (SSSR count). The Hall–Kier alpha value is -1.33. The molecule has 0 fully saturated rings. The van der Waals surface area contributed by atoms with Crippen LogP contribution < -0.4 is 5.73 Å². The molecule has 5 heteroatoms. The Morgan fingerprint density at radius 1 is 0.944 bits per heavy atom. The van der Waals surface area contributed by atoms with Gasteiger partial charge >= 0.3 is 0 Å². The Morgan fingerprint density at radius 2 is 1.50 bits per heavy atom. The number of anilines is 1. The molecular weight excluding hydrogens is 314 g/mol. The first-order chi connectivity index (χ1) is 8.47. The molecule has 2 aromatic carbocycles. The number of nitrogens with two attached hydrogens (primary N) is 1. The van der Waals surface area contributed by atoms with Crippen molar-refractivity contribution < 1.29 is 8.42 Å². The number of benzene rings is 2. The van der Waals surface area contributed by atoms with Crippen LogP contribution in [0.15, 0.2) is 57.9 Å². The highest BCUT2D eigenvalue weighted by Crippen LogP contribution is 2.19. The molecule has 0 aliphatic heterocycles. The minimum Gasteiger partial charge on any atom is -0.399 e. The van der Waals surface area contributed by atoms with Crippen LogP contribution in [0.25, 0.3) is 0 Å². The maximum Gasteiger partial charge on any atom is 0.182 e. The number of sulfone groups is 1. The molecule has 0 heterocycles. The largest absolute Gasteiger partial charge is 0.399 e. The van der Waals surface area contributed by atoms with Gasteiger partial charge in [-0.15, -0.1) is 0 Å². The maximum absolute atomic E-state index is 12.2. The second kappa shape index (κ2) is 5.12. The molecule has 0 saturated heterocycles. The molecular formula is C13H12BrNO2S. The molecule has 94 valence electrons. The van der Waals surface area contributed by atoms with Crippen LogP contribution in [0.3, 0.4) is 0 Å². The van der Waals surface area contributed by atoms with Gasteiger partial charge in [-0.05, 0) is 42.0 Å². The van der Waals surface area contributed by atoms with Crippen LogP contribution in [0.2, 0.25) is 0 Å². The van der Waals surface area contributed by atoms with Gasteiger partial charge in [-0.25, -0.2) is 8.42 Å². The highest BCUT2D eigenvalue weighted by Gasteiger charge is 2.14. The number of hydrogen-bond donors (Lipinski definition) is 1. The topological polar surface area (TPSA) is 60.2 Å². The summed E-state index contributed by atoms with van der Waals surface area (Å²) in [7, 11) is -3.30. The Balaban J connectivity index is 2.27.